The molecule has 6 heteroatoms. The van der Waals surface area contributed by atoms with Gasteiger partial charge >= 0.3 is 0 Å². The molecule has 0 aliphatic carbocycles. The molecule has 1 saturated heterocycles. The van der Waals surface area contributed by atoms with Gasteiger partial charge in [-0.3, -0.25) is 0 Å². The summed E-state index contributed by atoms with van der Waals surface area (Å²) < 4.78 is 22.7. The lowest BCUT2D eigenvalue weighted by molar-refractivity contribution is 0.213. The Morgan fingerprint density at radius 3 is 2.64 bits per heavy atom. The molecule has 0 saturated carbocycles. The molecule has 0 aromatic rings. The Kier molecular flexibility index (Phi) is 2.48. The van der Waals surface area contributed by atoms with Crippen LogP contribution < -0.4 is 5.14 Å². The quantitative estimate of drug-likeness (QED) is 0.551. The molecule has 11 heavy (non-hydrogen) atoms. The first-order valence-electron chi connectivity index (χ1n) is 3.46. The van der Waals surface area contributed by atoms with Crippen molar-refractivity contribution in [2.75, 3.05) is 13.2 Å². The molecular weight excluding hydrogens is 168 g/mol. The van der Waals surface area contributed by atoms with Gasteiger partial charge in [0.1, 0.15) is 0 Å². The lowest BCUT2D eigenvalue weighted by Crippen LogP contribution is -2.41. The zero-order valence-electron chi connectivity index (χ0n) is 6.10. The smallest absolute Gasteiger partial charge is 0.277 e. The summed E-state index contributed by atoms with van der Waals surface area (Å²) in [5, 5.41) is 13.6. The van der Waals surface area contributed by atoms with Crippen LogP contribution in [0.5, 0.6) is 0 Å². The van der Waals surface area contributed by atoms with E-state index in [1.54, 1.807) is 0 Å². The Morgan fingerprint density at radius 1 is 1.64 bits per heavy atom. The number of hydrogen-bond acceptors (Lipinski definition) is 3. The molecule has 1 aliphatic heterocycles. The third kappa shape index (κ3) is 1.90. The summed E-state index contributed by atoms with van der Waals surface area (Å²) in [5.74, 6) is 0. The van der Waals surface area contributed by atoms with Gasteiger partial charge in [0.05, 0.1) is 6.61 Å². The minimum Gasteiger partial charge on any atom is -0.395 e. The van der Waals surface area contributed by atoms with Gasteiger partial charge in [-0.2, -0.15) is 12.7 Å². The van der Waals surface area contributed by atoms with E-state index in [0.717, 1.165) is 10.7 Å². The molecule has 0 aromatic heterocycles. The maximum Gasteiger partial charge on any atom is 0.277 e. The van der Waals surface area contributed by atoms with Crippen molar-refractivity contribution >= 4 is 10.2 Å². The maximum absolute atomic E-state index is 10.8. The van der Waals surface area contributed by atoms with Crippen LogP contribution in [0.3, 0.4) is 0 Å². The van der Waals surface area contributed by atoms with Gasteiger partial charge in [0.15, 0.2) is 0 Å². The van der Waals surface area contributed by atoms with E-state index in [1.165, 1.54) is 0 Å². The third-order valence-corrected chi connectivity index (χ3v) is 3.00. The molecule has 1 rings (SSSR count). The molecule has 0 unspecified atom stereocenters. The molecular formula is C5H12N2O3S. The zero-order chi connectivity index (χ0) is 8.48. The average molecular weight is 180 g/mol. The lowest BCUT2D eigenvalue weighted by atomic mass is 10.2. The predicted octanol–water partition coefficient (Wildman–Crippen LogP) is -1.35. The summed E-state index contributed by atoms with van der Waals surface area (Å²) in [6.45, 7) is 0.292. The SMILES string of the molecule is NS(=O)(=O)N1CCC[C@H]1CO. The van der Waals surface area contributed by atoms with Gasteiger partial charge in [-0.1, -0.05) is 0 Å². The topological polar surface area (TPSA) is 83.6 Å². The summed E-state index contributed by atoms with van der Waals surface area (Å²) in [5.41, 5.74) is 0. The largest absolute Gasteiger partial charge is 0.395 e. The molecule has 1 aliphatic rings. The van der Waals surface area contributed by atoms with Crippen molar-refractivity contribution in [1.29, 1.82) is 0 Å². The predicted molar refractivity (Wildman–Crippen MR) is 39.9 cm³/mol. The van der Waals surface area contributed by atoms with Gasteiger partial charge in [-0.25, -0.2) is 5.14 Å². The highest BCUT2D eigenvalue weighted by Crippen LogP contribution is 2.18. The lowest BCUT2D eigenvalue weighted by Gasteiger charge is -2.18. The van der Waals surface area contributed by atoms with Crippen molar-refractivity contribution in [3.8, 4) is 0 Å². The normalized spacial score (nSPS) is 27.6. The Morgan fingerprint density at radius 2 is 2.27 bits per heavy atom. The first-order chi connectivity index (χ1) is 5.05. The van der Waals surface area contributed by atoms with E-state index in [-0.39, 0.29) is 12.6 Å². The van der Waals surface area contributed by atoms with Gasteiger partial charge in [0.25, 0.3) is 10.2 Å². The van der Waals surface area contributed by atoms with Crippen LogP contribution in [0.15, 0.2) is 0 Å². The van der Waals surface area contributed by atoms with Gasteiger partial charge in [0, 0.05) is 12.6 Å². The highest BCUT2D eigenvalue weighted by molar-refractivity contribution is 7.86. The number of aliphatic hydroxyl groups excluding tert-OH is 1. The van der Waals surface area contributed by atoms with Crippen molar-refractivity contribution in [3.63, 3.8) is 0 Å². The minimum absolute atomic E-state index is 0.142. The van der Waals surface area contributed by atoms with E-state index in [1.807, 2.05) is 0 Å². The molecule has 1 heterocycles. The Balaban J connectivity index is 2.72. The van der Waals surface area contributed by atoms with Crippen LogP contribution in [0.25, 0.3) is 0 Å². The molecule has 0 aromatic carbocycles. The highest BCUT2D eigenvalue weighted by Gasteiger charge is 2.30. The average Bonchev–Trinajstić information content (AvgIpc) is 2.31. The van der Waals surface area contributed by atoms with Crippen molar-refractivity contribution in [2.24, 2.45) is 5.14 Å². The zero-order valence-corrected chi connectivity index (χ0v) is 6.92. The van der Waals surface area contributed by atoms with Crippen LogP contribution in [-0.2, 0) is 10.2 Å². The van der Waals surface area contributed by atoms with E-state index in [4.69, 9.17) is 10.2 Å². The highest BCUT2D eigenvalue weighted by atomic mass is 32.2. The molecule has 0 bridgehead atoms. The van der Waals surface area contributed by atoms with Crippen LogP contribution in [0.1, 0.15) is 12.8 Å². The maximum atomic E-state index is 10.8. The monoisotopic (exact) mass is 180 g/mol. The second kappa shape index (κ2) is 3.06. The van der Waals surface area contributed by atoms with Crippen molar-refractivity contribution < 1.29 is 13.5 Å². The molecule has 0 radical (unpaired) electrons. The molecule has 0 amide bonds. The Hall–Kier alpha value is -0.170. The first kappa shape index (κ1) is 8.92. The molecule has 3 N–H and O–H groups in total. The van der Waals surface area contributed by atoms with E-state index in [0.29, 0.717) is 13.0 Å². The van der Waals surface area contributed by atoms with E-state index >= 15 is 0 Å². The number of nitrogens with two attached hydrogens (primary N) is 1. The summed E-state index contributed by atoms with van der Waals surface area (Å²) in [4.78, 5) is 0. The molecule has 0 spiro atoms. The Labute approximate surface area is 66.0 Å². The van der Waals surface area contributed by atoms with Crippen molar-refractivity contribution in [1.82, 2.24) is 4.31 Å². The first-order valence-corrected chi connectivity index (χ1v) is 4.96. The van der Waals surface area contributed by atoms with Gasteiger partial charge in [-0.15, -0.1) is 0 Å². The summed E-state index contributed by atoms with van der Waals surface area (Å²) in [6, 6.07) is -0.301. The fourth-order valence-corrected chi connectivity index (χ4v) is 2.30. The molecule has 1 fully saturated rings. The summed E-state index contributed by atoms with van der Waals surface area (Å²) in [6.07, 6.45) is 1.48. The molecule has 5 nitrogen and oxygen atoms in total. The fourth-order valence-electron chi connectivity index (χ4n) is 1.33. The summed E-state index contributed by atoms with van der Waals surface area (Å²) >= 11 is 0. The van der Waals surface area contributed by atoms with Crippen LogP contribution >= 0.6 is 0 Å². The van der Waals surface area contributed by atoms with E-state index in [2.05, 4.69) is 0 Å². The fraction of sp³-hybridized carbons (Fsp3) is 1.00. The third-order valence-electron chi connectivity index (χ3n) is 1.86. The van der Waals surface area contributed by atoms with Crippen LogP contribution in [0.4, 0.5) is 0 Å². The number of aliphatic hydroxyl groups is 1. The van der Waals surface area contributed by atoms with Gasteiger partial charge in [-0.05, 0) is 12.8 Å². The molecule has 1 atom stereocenters. The van der Waals surface area contributed by atoms with Gasteiger partial charge < -0.3 is 5.11 Å². The number of nitrogens with zero attached hydrogens (tertiary/aromatic N) is 1. The van der Waals surface area contributed by atoms with E-state index < -0.39 is 10.2 Å². The van der Waals surface area contributed by atoms with Gasteiger partial charge in [0.2, 0.25) is 0 Å². The minimum atomic E-state index is -3.59. The van der Waals surface area contributed by atoms with Crippen LogP contribution in [-0.4, -0.2) is 37.0 Å². The van der Waals surface area contributed by atoms with Crippen LogP contribution in [0.2, 0.25) is 0 Å². The summed E-state index contributed by atoms with van der Waals surface area (Å²) in [7, 11) is -3.59. The standard InChI is InChI=1S/C5H12N2O3S/c6-11(9,10)7-3-1-2-5(7)4-8/h5,8H,1-4H2,(H2,6,9,10)/t5-/m0/s1. The number of hydrogen-bond donors (Lipinski definition) is 2. The van der Waals surface area contributed by atoms with Crippen molar-refractivity contribution in [3.05, 3.63) is 0 Å². The number of rotatable bonds is 2. The Bertz CT molecular complexity index is 226. The molecule has 66 valence electrons. The van der Waals surface area contributed by atoms with Crippen LogP contribution in [0, 0.1) is 0 Å². The second-order valence-electron chi connectivity index (χ2n) is 2.63. The second-order valence-corrected chi connectivity index (χ2v) is 4.13. The van der Waals surface area contributed by atoms with E-state index in [9.17, 15) is 8.42 Å². The van der Waals surface area contributed by atoms with Crippen molar-refractivity contribution in [2.45, 2.75) is 18.9 Å².